The van der Waals surface area contributed by atoms with Crippen LogP contribution in [-0.4, -0.2) is 12.6 Å². The summed E-state index contributed by atoms with van der Waals surface area (Å²) in [7, 11) is 0. The zero-order valence-corrected chi connectivity index (χ0v) is 7.74. The lowest BCUT2D eigenvalue weighted by Crippen LogP contribution is -2.01. The summed E-state index contributed by atoms with van der Waals surface area (Å²) in [6, 6.07) is 5.96. The highest BCUT2D eigenvalue weighted by molar-refractivity contribution is 5.82. The predicted molar refractivity (Wildman–Crippen MR) is 52.7 cm³/mol. The van der Waals surface area contributed by atoms with E-state index in [1.54, 1.807) is 6.21 Å². The normalized spacial score (nSPS) is 10.3. The van der Waals surface area contributed by atoms with Crippen LogP contribution in [0.15, 0.2) is 23.3 Å². The summed E-state index contributed by atoms with van der Waals surface area (Å²) in [5.74, 6) is 0. The molecule has 1 amide bonds. The van der Waals surface area contributed by atoms with Gasteiger partial charge in [-0.05, 0) is 30.5 Å². The van der Waals surface area contributed by atoms with Crippen LogP contribution in [0.4, 0.5) is 0 Å². The molecule has 0 saturated heterocycles. The molecule has 1 N–H and O–H groups in total. The maximum absolute atomic E-state index is 9.92. The van der Waals surface area contributed by atoms with Gasteiger partial charge in [0.15, 0.2) is 0 Å². The van der Waals surface area contributed by atoms with E-state index < -0.39 is 0 Å². The van der Waals surface area contributed by atoms with Crippen LogP contribution in [0.1, 0.15) is 16.7 Å². The Hall–Kier alpha value is -1.64. The van der Waals surface area contributed by atoms with E-state index in [-0.39, 0.29) is 0 Å². The number of rotatable bonds is 3. The summed E-state index contributed by atoms with van der Waals surface area (Å²) in [5, 5.41) is 3.72. The molecule has 0 spiro atoms. The van der Waals surface area contributed by atoms with Gasteiger partial charge in [-0.25, -0.2) is 5.43 Å². The lowest BCUT2D eigenvalue weighted by Gasteiger charge is -2.02. The van der Waals surface area contributed by atoms with E-state index in [2.05, 4.69) is 10.5 Å². The highest BCUT2D eigenvalue weighted by Gasteiger charge is 1.96. The Morgan fingerprint density at radius 3 is 2.85 bits per heavy atom. The van der Waals surface area contributed by atoms with Crippen LogP contribution in [0, 0.1) is 13.8 Å². The van der Waals surface area contributed by atoms with Gasteiger partial charge in [-0.1, -0.05) is 18.2 Å². The first-order valence-electron chi connectivity index (χ1n) is 4.04. The van der Waals surface area contributed by atoms with E-state index in [1.165, 1.54) is 11.1 Å². The highest BCUT2D eigenvalue weighted by Crippen LogP contribution is 2.09. The molecule has 3 heteroatoms. The molecule has 0 atom stereocenters. The first-order valence-corrected chi connectivity index (χ1v) is 4.04. The van der Waals surface area contributed by atoms with Crippen LogP contribution in [0.2, 0.25) is 0 Å². The summed E-state index contributed by atoms with van der Waals surface area (Å²) >= 11 is 0. The van der Waals surface area contributed by atoms with Crippen molar-refractivity contribution in [2.24, 2.45) is 5.10 Å². The summed E-state index contributed by atoms with van der Waals surface area (Å²) < 4.78 is 0. The van der Waals surface area contributed by atoms with Gasteiger partial charge in [-0.2, -0.15) is 5.10 Å². The smallest absolute Gasteiger partial charge is 0.227 e. The van der Waals surface area contributed by atoms with Crippen molar-refractivity contribution in [2.75, 3.05) is 0 Å². The molecule has 0 unspecified atom stereocenters. The largest absolute Gasteiger partial charge is 0.277 e. The molecule has 0 aliphatic rings. The fourth-order valence-electron chi connectivity index (χ4n) is 1.05. The molecule has 68 valence electrons. The number of hydrazone groups is 1. The van der Waals surface area contributed by atoms with Crippen molar-refractivity contribution < 1.29 is 4.79 Å². The Bertz CT molecular complexity index is 332. The van der Waals surface area contributed by atoms with Crippen LogP contribution in [0.25, 0.3) is 0 Å². The van der Waals surface area contributed by atoms with Crippen molar-refractivity contribution in [3.8, 4) is 0 Å². The van der Waals surface area contributed by atoms with E-state index in [0.717, 1.165) is 5.56 Å². The van der Waals surface area contributed by atoms with Gasteiger partial charge in [0.1, 0.15) is 0 Å². The fourth-order valence-corrected chi connectivity index (χ4v) is 1.05. The molecule has 1 aromatic carbocycles. The van der Waals surface area contributed by atoms with Gasteiger partial charge in [0.25, 0.3) is 0 Å². The average molecular weight is 176 g/mol. The van der Waals surface area contributed by atoms with E-state index in [9.17, 15) is 4.79 Å². The van der Waals surface area contributed by atoms with Crippen LogP contribution in [-0.2, 0) is 4.79 Å². The molecule has 0 aromatic heterocycles. The predicted octanol–water partition coefficient (Wildman–Crippen LogP) is 1.38. The lowest BCUT2D eigenvalue weighted by atomic mass is 10.0. The molecule has 0 aliphatic heterocycles. The number of nitrogens with zero attached hydrogens (tertiary/aromatic N) is 1. The standard InChI is InChI=1S/C10H12N2O/c1-8-4-3-5-10(9(8)2)6-11-12-7-13/h3-7H,1-2H3,(H,12,13)/b11-6+. The fraction of sp³-hybridized carbons (Fsp3) is 0.200. The van der Waals surface area contributed by atoms with Gasteiger partial charge in [0.2, 0.25) is 6.41 Å². The van der Waals surface area contributed by atoms with E-state index >= 15 is 0 Å². The number of aryl methyl sites for hydroxylation is 1. The van der Waals surface area contributed by atoms with Crippen molar-refractivity contribution in [3.63, 3.8) is 0 Å². The zero-order valence-electron chi connectivity index (χ0n) is 7.74. The first-order chi connectivity index (χ1) is 6.25. The SMILES string of the molecule is Cc1cccc(/C=N/NC=O)c1C. The molecule has 3 nitrogen and oxygen atoms in total. The number of nitrogens with one attached hydrogen (secondary N) is 1. The van der Waals surface area contributed by atoms with Crippen molar-refractivity contribution in [2.45, 2.75) is 13.8 Å². The molecule has 0 bridgehead atoms. The Morgan fingerprint density at radius 2 is 2.15 bits per heavy atom. The summed E-state index contributed by atoms with van der Waals surface area (Å²) in [6.45, 7) is 4.07. The lowest BCUT2D eigenvalue weighted by molar-refractivity contribution is -0.109. The Labute approximate surface area is 77.5 Å². The minimum atomic E-state index is 0.543. The second-order valence-electron chi connectivity index (χ2n) is 2.79. The van der Waals surface area contributed by atoms with Crippen LogP contribution < -0.4 is 5.43 Å². The number of amides is 1. The van der Waals surface area contributed by atoms with Gasteiger partial charge in [0, 0.05) is 0 Å². The molecule has 0 saturated carbocycles. The maximum Gasteiger partial charge on any atom is 0.227 e. The molecule has 0 fully saturated rings. The molecular weight excluding hydrogens is 164 g/mol. The van der Waals surface area contributed by atoms with E-state index in [0.29, 0.717) is 6.41 Å². The van der Waals surface area contributed by atoms with Crippen LogP contribution >= 0.6 is 0 Å². The highest BCUT2D eigenvalue weighted by atomic mass is 16.1. The third kappa shape index (κ3) is 2.40. The molecule has 13 heavy (non-hydrogen) atoms. The van der Waals surface area contributed by atoms with Gasteiger partial charge in [-0.3, -0.25) is 4.79 Å². The zero-order chi connectivity index (χ0) is 9.68. The average Bonchev–Trinajstić information content (AvgIpc) is 2.13. The second-order valence-corrected chi connectivity index (χ2v) is 2.79. The van der Waals surface area contributed by atoms with Crippen molar-refractivity contribution in [3.05, 3.63) is 34.9 Å². The third-order valence-corrected chi connectivity index (χ3v) is 1.98. The molecular formula is C10H12N2O. The minimum absolute atomic E-state index is 0.543. The van der Waals surface area contributed by atoms with Crippen molar-refractivity contribution in [1.29, 1.82) is 0 Å². The van der Waals surface area contributed by atoms with E-state index in [4.69, 9.17) is 0 Å². The molecule has 0 radical (unpaired) electrons. The molecule has 0 heterocycles. The Morgan fingerprint density at radius 1 is 1.38 bits per heavy atom. The summed E-state index contributed by atoms with van der Waals surface area (Å²) in [5.41, 5.74) is 5.65. The summed E-state index contributed by atoms with van der Waals surface area (Å²) in [4.78, 5) is 9.92. The molecule has 1 aromatic rings. The maximum atomic E-state index is 9.92. The number of benzene rings is 1. The monoisotopic (exact) mass is 176 g/mol. The van der Waals surface area contributed by atoms with Gasteiger partial charge in [0.05, 0.1) is 6.21 Å². The van der Waals surface area contributed by atoms with E-state index in [1.807, 2.05) is 32.0 Å². The van der Waals surface area contributed by atoms with Gasteiger partial charge < -0.3 is 0 Å². The number of carbonyl (C=O) groups excluding carboxylic acids is 1. The van der Waals surface area contributed by atoms with Crippen molar-refractivity contribution >= 4 is 12.6 Å². The van der Waals surface area contributed by atoms with Crippen LogP contribution in [0.5, 0.6) is 0 Å². The topological polar surface area (TPSA) is 41.5 Å². The Kier molecular flexibility index (Phi) is 3.20. The molecule has 0 aliphatic carbocycles. The van der Waals surface area contributed by atoms with Gasteiger partial charge in [-0.15, -0.1) is 0 Å². The second kappa shape index (κ2) is 4.40. The number of hydrogen-bond acceptors (Lipinski definition) is 2. The van der Waals surface area contributed by atoms with Crippen molar-refractivity contribution in [1.82, 2.24) is 5.43 Å². The Balaban J connectivity index is 2.88. The number of hydrogen-bond donors (Lipinski definition) is 1. The number of carbonyl (C=O) groups is 1. The van der Waals surface area contributed by atoms with Crippen LogP contribution in [0.3, 0.4) is 0 Å². The first kappa shape index (κ1) is 9.45. The summed E-state index contributed by atoms with van der Waals surface area (Å²) in [6.07, 6.45) is 2.18. The quantitative estimate of drug-likeness (QED) is 0.422. The third-order valence-electron chi connectivity index (χ3n) is 1.98. The molecule has 1 rings (SSSR count). The van der Waals surface area contributed by atoms with Gasteiger partial charge >= 0.3 is 0 Å². The minimum Gasteiger partial charge on any atom is -0.277 e.